The highest BCUT2D eigenvalue weighted by Crippen LogP contribution is 2.21. The summed E-state index contributed by atoms with van der Waals surface area (Å²) in [6.45, 7) is 2.49. The fourth-order valence-corrected chi connectivity index (χ4v) is 2.06. The van der Waals surface area contributed by atoms with E-state index in [1.54, 1.807) is 24.3 Å². The normalized spacial score (nSPS) is 10.1. The zero-order valence-corrected chi connectivity index (χ0v) is 12.6. The molecule has 0 atom stereocenters. The Morgan fingerprint density at radius 2 is 1.91 bits per heavy atom. The fraction of sp³-hybridized carbons (Fsp3) is 0.235. The minimum absolute atomic E-state index is 0.0359. The first-order valence-corrected chi connectivity index (χ1v) is 6.97. The lowest BCUT2D eigenvalue weighted by Gasteiger charge is -2.10. The van der Waals surface area contributed by atoms with E-state index in [0.717, 1.165) is 5.75 Å². The fourth-order valence-electron chi connectivity index (χ4n) is 2.06. The summed E-state index contributed by atoms with van der Waals surface area (Å²) in [7, 11) is 1.49. The molecule has 0 spiro atoms. The smallest absolute Gasteiger partial charge is 0.228 e. The van der Waals surface area contributed by atoms with E-state index in [4.69, 9.17) is 9.47 Å². The van der Waals surface area contributed by atoms with Gasteiger partial charge in [-0.15, -0.1) is 0 Å². The van der Waals surface area contributed by atoms with Gasteiger partial charge in [0.05, 0.1) is 20.1 Å². The summed E-state index contributed by atoms with van der Waals surface area (Å²) in [6.07, 6.45) is 0.0359. The van der Waals surface area contributed by atoms with Gasteiger partial charge in [0.15, 0.2) is 0 Å². The van der Waals surface area contributed by atoms with Crippen LogP contribution in [0.3, 0.4) is 0 Å². The van der Waals surface area contributed by atoms with Crippen LogP contribution < -0.4 is 14.8 Å². The number of hydrogen-bond donors (Lipinski definition) is 1. The van der Waals surface area contributed by atoms with E-state index in [2.05, 4.69) is 5.32 Å². The maximum absolute atomic E-state index is 13.3. The number of anilines is 1. The third-order valence-electron chi connectivity index (χ3n) is 3.04. The van der Waals surface area contributed by atoms with Gasteiger partial charge in [-0.2, -0.15) is 0 Å². The minimum atomic E-state index is -0.398. The average molecular weight is 303 g/mol. The van der Waals surface area contributed by atoms with E-state index < -0.39 is 5.82 Å². The number of carbonyl (C=O) groups is 1. The first kappa shape index (κ1) is 15.8. The third-order valence-corrected chi connectivity index (χ3v) is 3.04. The second kappa shape index (κ2) is 7.45. The number of amides is 1. The number of carbonyl (C=O) groups excluding carboxylic acids is 1. The van der Waals surface area contributed by atoms with Crippen molar-refractivity contribution < 1.29 is 18.7 Å². The Bertz CT molecular complexity index is 641. The molecule has 2 aromatic rings. The molecule has 1 amide bonds. The van der Waals surface area contributed by atoms with Crippen molar-refractivity contribution in [3.05, 3.63) is 53.8 Å². The van der Waals surface area contributed by atoms with Gasteiger partial charge >= 0.3 is 0 Å². The number of hydrogen-bond acceptors (Lipinski definition) is 3. The quantitative estimate of drug-likeness (QED) is 0.889. The Morgan fingerprint density at radius 3 is 2.55 bits per heavy atom. The highest BCUT2D eigenvalue weighted by molar-refractivity contribution is 5.92. The molecule has 0 saturated carbocycles. The SMILES string of the molecule is CCOc1ccc(NC(=O)Cc2cc(F)ccc2OC)cc1. The molecule has 2 aromatic carbocycles. The maximum Gasteiger partial charge on any atom is 0.228 e. The second-order valence-corrected chi connectivity index (χ2v) is 4.64. The van der Waals surface area contributed by atoms with Crippen LogP contribution in [0.15, 0.2) is 42.5 Å². The van der Waals surface area contributed by atoms with Crippen LogP contribution >= 0.6 is 0 Å². The first-order valence-electron chi connectivity index (χ1n) is 6.97. The molecule has 0 fully saturated rings. The predicted molar refractivity (Wildman–Crippen MR) is 82.9 cm³/mol. The van der Waals surface area contributed by atoms with Gasteiger partial charge in [0.25, 0.3) is 0 Å². The van der Waals surface area contributed by atoms with Gasteiger partial charge in [-0.05, 0) is 49.4 Å². The first-order chi connectivity index (χ1) is 10.6. The Morgan fingerprint density at radius 1 is 1.18 bits per heavy atom. The topological polar surface area (TPSA) is 47.6 Å². The molecule has 1 N–H and O–H groups in total. The highest BCUT2D eigenvalue weighted by atomic mass is 19.1. The number of methoxy groups -OCH3 is 1. The van der Waals surface area contributed by atoms with Crippen LogP contribution in [0.25, 0.3) is 0 Å². The lowest BCUT2D eigenvalue weighted by Crippen LogP contribution is -2.15. The standard InChI is InChI=1S/C17H18FNO3/c1-3-22-15-7-5-14(6-8-15)19-17(20)11-12-10-13(18)4-9-16(12)21-2/h4-10H,3,11H2,1-2H3,(H,19,20). The Balaban J connectivity index is 2.02. The number of halogens is 1. The Labute approximate surface area is 128 Å². The lowest BCUT2D eigenvalue weighted by atomic mass is 10.1. The van der Waals surface area contributed by atoms with Gasteiger partial charge in [-0.3, -0.25) is 4.79 Å². The number of benzene rings is 2. The van der Waals surface area contributed by atoms with Crippen LogP contribution in [-0.2, 0) is 11.2 Å². The molecular weight excluding hydrogens is 285 g/mol. The van der Waals surface area contributed by atoms with E-state index in [1.165, 1.54) is 25.3 Å². The molecule has 0 aliphatic rings. The van der Waals surface area contributed by atoms with E-state index in [1.807, 2.05) is 6.92 Å². The van der Waals surface area contributed by atoms with Crippen LogP contribution in [0.2, 0.25) is 0 Å². The van der Waals surface area contributed by atoms with Crippen LogP contribution in [0.4, 0.5) is 10.1 Å². The van der Waals surface area contributed by atoms with Crippen molar-refractivity contribution in [3.8, 4) is 11.5 Å². The molecule has 0 aromatic heterocycles. The summed E-state index contributed by atoms with van der Waals surface area (Å²) < 4.78 is 23.7. The third kappa shape index (κ3) is 4.22. The maximum atomic E-state index is 13.3. The van der Waals surface area contributed by atoms with Crippen molar-refractivity contribution in [1.29, 1.82) is 0 Å². The van der Waals surface area contributed by atoms with Gasteiger partial charge in [0, 0.05) is 11.3 Å². The molecule has 0 aliphatic carbocycles. The minimum Gasteiger partial charge on any atom is -0.496 e. The number of rotatable bonds is 6. The van der Waals surface area contributed by atoms with Crippen LogP contribution in [0.5, 0.6) is 11.5 Å². The molecule has 22 heavy (non-hydrogen) atoms. The van der Waals surface area contributed by atoms with Crippen LogP contribution in [0, 0.1) is 5.82 Å². The van der Waals surface area contributed by atoms with E-state index in [0.29, 0.717) is 23.6 Å². The van der Waals surface area contributed by atoms with Gasteiger partial charge in [0.1, 0.15) is 17.3 Å². The van der Waals surface area contributed by atoms with Crippen molar-refractivity contribution in [3.63, 3.8) is 0 Å². The van der Waals surface area contributed by atoms with Gasteiger partial charge < -0.3 is 14.8 Å². The molecule has 0 bridgehead atoms. The van der Waals surface area contributed by atoms with Gasteiger partial charge in [-0.25, -0.2) is 4.39 Å². The molecular formula is C17H18FNO3. The van der Waals surface area contributed by atoms with Crippen LogP contribution in [0.1, 0.15) is 12.5 Å². The molecule has 5 heteroatoms. The Hall–Kier alpha value is -2.56. The van der Waals surface area contributed by atoms with Crippen molar-refractivity contribution in [1.82, 2.24) is 0 Å². The van der Waals surface area contributed by atoms with Crippen molar-refractivity contribution in [2.24, 2.45) is 0 Å². The largest absolute Gasteiger partial charge is 0.496 e. The lowest BCUT2D eigenvalue weighted by molar-refractivity contribution is -0.115. The zero-order chi connectivity index (χ0) is 15.9. The summed E-state index contributed by atoms with van der Waals surface area (Å²) in [6, 6.07) is 11.2. The Kier molecular flexibility index (Phi) is 5.36. The van der Waals surface area contributed by atoms with E-state index in [-0.39, 0.29) is 12.3 Å². The molecule has 0 aliphatic heterocycles. The number of nitrogens with one attached hydrogen (secondary N) is 1. The monoisotopic (exact) mass is 303 g/mol. The van der Waals surface area contributed by atoms with Crippen molar-refractivity contribution in [2.75, 3.05) is 19.0 Å². The molecule has 116 valence electrons. The van der Waals surface area contributed by atoms with Gasteiger partial charge in [-0.1, -0.05) is 0 Å². The molecule has 0 radical (unpaired) electrons. The summed E-state index contributed by atoms with van der Waals surface area (Å²) in [4.78, 5) is 12.1. The zero-order valence-electron chi connectivity index (χ0n) is 12.6. The summed E-state index contributed by atoms with van der Waals surface area (Å²) >= 11 is 0. The summed E-state index contributed by atoms with van der Waals surface area (Å²) in [5, 5.41) is 2.76. The van der Waals surface area contributed by atoms with Crippen molar-refractivity contribution in [2.45, 2.75) is 13.3 Å². The summed E-state index contributed by atoms with van der Waals surface area (Å²) in [5.74, 6) is 0.591. The summed E-state index contributed by atoms with van der Waals surface area (Å²) in [5.41, 5.74) is 1.16. The average Bonchev–Trinajstić information content (AvgIpc) is 2.50. The molecule has 0 unspecified atom stereocenters. The number of ether oxygens (including phenoxy) is 2. The van der Waals surface area contributed by atoms with E-state index in [9.17, 15) is 9.18 Å². The molecule has 2 rings (SSSR count). The molecule has 4 nitrogen and oxygen atoms in total. The predicted octanol–water partition coefficient (Wildman–Crippen LogP) is 3.41. The van der Waals surface area contributed by atoms with Crippen LogP contribution in [-0.4, -0.2) is 19.6 Å². The second-order valence-electron chi connectivity index (χ2n) is 4.64. The van der Waals surface area contributed by atoms with Crippen molar-refractivity contribution >= 4 is 11.6 Å². The molecule has 0 heterocycles. The van der Waals surface area contributed by atoms with Gasteiger partial charge in [0.2, 0.25) is 5.91 Å². The van der Waals surface area contributed by atoms with E-state index >= 15 is 0 Å². The highest BCUT2D eigenvalue weighted by Gasteiger charge is 2.10. The molecule has 0 saturated heterocycles.